The van der Waals surface area contributed by atoms with Gasteiger partial charge in [-0.2, -0.15) is 0 Å². The lowest BCUT2D eigenvalue weighted by molar-refractivity contribution is -0.125. The van der Waals surface area contributed by atoms with E-state index in [0.717, 1.165) is 12.8 Å². The highest BCUT2D eigenvalue weighted by atomic mass is 16.5. The molecule has 0 saturated carbocycles. The smallest absolute Gasteiger partial charge is 0.231 e. The molecule has 0 atom stereocenters. The Labute approximate surface area is 89.0 Å². The lowest BCUT2D eigenvalue weighted by Crippen LogP contribution is -2.41. The van der Waals surface area contributed by atoms with Crippen molar-refractivity contribution in [3.05, 3.63) is 12.5 Å². The van der Waals surface area contributed by atoms with Crippen molar-refractivity contribution in [3.8, 4) is 0 Å². The average Bonchev–Trinajstić information content (AvgIpc) is 2.74. The molecule has 5 nitrogen and oxygen atoms in total. The van der Waals surface area contributed by atoms with Gasteiger partial charge >= 0.3 is 0 Å². The number of nitrogens with two attached hydrogens (primary N) is 1. The average molecular weight is 211 g/mol. The number of carbonyl (C=O) groups excluding carboxylic acids is 1. The predicted octanol–water partition coefficient (Wildman–Crippen LogP) is 1.38. The standard InChI is InChI=1S/C10H17N3O2/c1-3-10(4-2,7-11)9(14)13-8-5-12-15-6-8/h5-6H,3-4,7,11H2,1-2H3,(H,13,14). The maximum absolute atomic E-state index is 12.0. The first kappa shape index (κ1) is 11.7. The van der Waals surface area contributed by atoms with Crippen molar-refractivity contribution in [2.45, 2.75) is 26.7 Å². The van der Waals surface area contributed by atoms with Crippen LogP contribution < -0.4 is 11.1 Å². The molecule has 5 heteroatoms. The summed E-state index contributed by atoms with van der Waals surface area (Å²) in [6.45, 7) is 4.27. The molecule has 0 aliphatic heterocycles. The molecule has 0 aliphatic carbocycles. The maximum Gasteiger partial charge on any atom is 0.231 e. The third-order valence-corrected chi connectivity index (χ3v) is 2.92. The van der Waals surface area contributed by atoms with Gasteiger partial charge in [0.1, 0.15) is 12.0 Å². The van der Waals surface area contributed by atoms with Crippen molar-refractivity contribution < 1.29 is 9.32 Å². The zero-order valence-corrected chi connectivity index (χ0v) is 9.12. The molecule has 0 bridgehead atoms. The maximum atomic E-state index is 12.0. The first-order valence-corrected chi connectivity index (χ1v) is 5.09. The summed E-state index contributed by atoms with van der Waals surface area (Å²) in [5.41, 5.74) is 5.74. The first-order valence-electron chi connectivity index (χ1n) is 5.09. The van der Waals surface area contributed by atoms with Gasteiger partial charge in [-0.15, -0.1) is 0 Å². The summed E-state index contributed by atoms with van der Waals surface area (Å²) in [5.74, 6) is -0.0711. The van der Waals surface area contributed by atoms with Gasteiger partial charge in [-0.05, 0) is 12.8 Å². The Morgan fingerprint density at radius 3 is 2.67 bits per heavy atom. The molecule has 1 rings (SSSR count). The van der Waals surface area contributed by atoms with Crippen LogP contribution in [0.2, 0.25) is 0 Å². The Bertz CT molecular complexity index is 296. The number of hydrogen-bond acceptors (Lipinski definition) is 4. The van der Waals surface area contributed by atoms with E-state index >= 15 is 0 Å². The van der Waals surface area contributed by atoms with E-state index in [4.69, 9.17) is 5.73 Å². The molecule has 84 valence electrons. The van der Waals surface area contributed by atoms with E-state index in [1.165, 1.54) is 12.5 Å². The number of carbonyl (C=O) groups is 1. The molecule has 0 fully saturated rings. The van der Waals surface area contributed by atoms with Gasteiger partial charge in [-0.3, -0.25) is 4.79 Å². The Morgan fingerprint density at radius 1 is 1.60 bits per heavy atom. The number of rotatable bonds is 5. The summed E-state index contributed by atoms with van der Waals surface area (Å²) in [7, 11) is 0. The number of aromatic nitrogens is 1. The van der Waals surface area contributed by atoms with Crippen LogP contribution >= 0.6 is 0 Å². The number of nitrogens with zero attached hydrogens (tertiary/aromatic N) is 1. The number of nitrogens with one attached hydrogen (secondary N) is 1. The third-order valence-electron chi connectivity index (χ3n) is 2.92. The van der Waals surface area contributed by atoms with Crippen molar-refractivity contribution in [2.75, 3.05) is 11.9 Å². The molecule has 1 amide bonds. The monoisotopic (exact) mass is 211 g/mol. The fourth-order valence-corrected chi connectivity index (χ4v) is 1.48. The normalized spacial score (nSPS) is 11.4. The molecular formula is C10H17N3O2. The summed E-state index contributed by atoms with van der Waals surface area (Å²) in [5, 5.41) is 6.25. The van der Waals surface area contributed by atoms with E-state index in [1.54, 1.807) is 0 Å². The number of amides is 1. The lowest BCUT2D eigenvalue weighted by Gasteiger charge is -2.27. The molecule has 1 heterocycles. The topological polar surface area (TPSA) is 81.2 Å². The van der Waals surface area contributed by atoms with E-state index < -0.39 is 5.41 Å². The van der Waals surface area contributed by atoms with Crippen LogP contribution in [-0.4, -0.2) is 17.6 Å². The van der Waals surface area contributed by atoms with Gasteiger partial charge in [-0.1, -0.05) is 19.0 Å². The van der Waals surface area contributed by atoms with Crippen molar-refractivity contribution >= 4 is 11.6 Å². The Kier molecular flexibility index (Phi) is 3.85. The van der Waals surface area contributed by atoms with E-state index in [2.05, 4.69) is 15.0 Å². The summed E-state index contributed by atoms with van der Waals surface area (Å²) in [6.07, 6.45) is 4.29. The Morgan fingerprint density at radius 2 is 2.27 bits per heavy atom. The molecule has 3 N–H and O–H groups in total. The summed E-state index contributed by atoms with van der Waals surface area (Å²) >= 11 is 0. The van der Waals surface area contributed by atoms with E-state index in [9.17, 15) is 4.79 Å². The SMILES string of the molecule is CCC(CC)(CN)C(=O)Nc1cnoc1. The molecule has 0 spiro atoms. The van der Waals surface area contributed by atoms with Crippen LogP contribution in [0.4, 0.5) is 5.69 Å². The van der Waals surface area contributed by atoms with E-state index in [-0.39, 0.29) is 5.91 Å². The van der Waals surface area contributed by atoms with Gasteiger partial charge in [0, 0.05) is 6.54 Å². The lowest BCUT2D eigenvalue weighted by atomic mass is 9.81. The molecule has 1 aromatic rings. The van der Waals surface area contributed by atoms with Crippen LogP contribution in [0.5, 0.6) is 0 Å². The number of anilines is 1. The van der Waals surface area contributed by atoms with Gasteiger partial charge in [-0.25, -0.2) is 0 Å². The van der Waals surface area contributed by atoms with Gasteiger partial charge in [0.2, 0.25) is 5.91 Å². The second-order valence-corrected chi connectivity index (χ2v) is 3.56. The molecule has 0 aliphatic rings. The van der Waals surface area contributed by atoms with E-state index in [0.29, 0.717) is 12.2 Å². The minimum atomic E-state index is -0.489. The van der Waals surface area contributed by atoms with Crippen molar-refractivity contribution in [2.24, 2.45) is 11.1 Å². The Hall–Kier alpha value is -1.36. The third kappa shape index (κ3) is 2.36. The zero-order chi connectivity index (χ0) is 11.3. The second kappa shape index (κ2) is 4.93. The largest absolute Gasteiger partial charge is 0.363 e. The molecule has 15 heavy (non-hydrogen) atoms. The number of hydrogen-bond donors (Lipinski definition) is 2. The van der Waals surface area contributed by atoms with Crippen LogP contribution in [-0.2, 0) is 4.79 Å². The predicted molar refractivity (Wildman–Crippen MR) is 57.2 cm³/mol. The van der Waals surface area contributed by atoms with Crippen LogP contribution in [0.15, 0.2) is 17.0 Å². The highest BCUT2D eigenvalue weighted by Crippen LogP contribution is 2.26. The quantitative estimate of drug-likeness (QED) is 0.770. The summed E-state index contributed by atoms with van der Waals surface area (Å²) in [4.78, 5) is 12.0. The fraction of sp³-hybridized carbons (Fsp3) is 0.600. The fourth-order valence-electron chi connectivity index (χ4n) is 1.48. The molecule has 0 unspecified atom stereocenters. The molecule has 1 aromatic heterocycles. The highest BCUT2D eigenvalue weighted by molar-refractivity contribution is 5.95. The minimum absolute atomic E-state index is 0.0711. The molecule has 0 radical (unpaired) electrons. The molecule has 0 aromatic carbocycles. The molecular weight excluding hydrogens is 194 g/mol. The minimum Gasteiger partial charge on any atom is -0.363 e. The van der Waals surface area contributed by atoms with Crippen LogP contribution in [0, 0.1) is 5.41 Å². The van der Waals surface area contributed by atoms with Crippen LogP contribution in [0.1, 0.15) is 26.7 Å². The second-order valence-electron chi connectivity index (χ2n) is 3.56. The van der Waals surface area contributed by atoms with Gasteiger partial charge in [0.15, 0.2) is 0 Å². The van der Waals surface area contributed by atoms with Crippen molar-refractivity contribution in [3.63, 3.8) is 0 Å². The van der Waals surface area contributed by atoms with Gasteiger partial charge in [0.25, 0.3) is 0 Å². The highest BCUT2D eigenvalue weighted by Gasteiger charge is 2.33. The first-order chi connectivity index (χ1) is 7.18. The van der Waals surface area contributed by atoms with Crippen molar-refractivity contribution in [1.29, 1.82) is 0 Å². The van der Waals surface area contributed by atoms with Gasteiger partial charge in [0.05, 0.1) is 11.6 Å². The zero-order valence-electron chi connectivity index (χ0n) is 9.12. The van der Waals surface area contributed by atoms with Crippen LogP contribution in [0.25, 0.3) is 0 Å². The van der Waals surface area contributed by atoms with E-state index in [1.807, 2.05) is 13.8 Å². The van der Waals surface area contributed by atoms with Gasteiger partial charge < -0.3 is 15.6 Å². The van der Waals surface area contributed by atoms with Crippen molar-refractivity contribution in [1.82, 2.24) is 5.16 Å². The summed E-state index contributed by atoms with van der Waals surface area (Å²) < 4.78 is 4.63. The molecule has 0 saturated heterocycles. The Balaban J connectivity index is 2.73. The van der Waals surface area contributed by atoms with Crippen LogP contribution in [0.3, 0.4) is 0 Å². The summed E-state index contributed by atoms with van der Waals surface area (Å²) in [6, 6.07) is 0.